The van der Waals surface area contributed by atoms with E-state index >= 15 is 0 Å². The number of ether oxygens (including phenoxy) is 2. The van der Waals surface area contributed by atoms with Gasteiger partial charge in [-0.05, 0) is 29.1 Å². The minimum Gasteiger partial charge on any atom is -0.496 e. The third-order valence-electron chi connectivity index (χ3n) is 5.57. The number of fused-ring (bicyclic) bond motifs is 1. The van der Waals surface area contributed by atoms with Crippen LogP contribution in [-0.4, -0.2) is 52.7 Å². The van der Waals surface area contributed by atoms with Crippen LogP contribution in [0.25, 0.3) is 22.3 Å². The van der Waals surface area contributed by atoms with Crippen molar-refractivity contribution in [2.24, 2.45) is 0 Å². The molecule has 0 radical (unpaired) electrons. The van der Waals surface area contributed by atoms with E-state index in [4.69, 9.17) is 14.0 Å². The normalized spacial score (nSPS) is 16.3. The Morgan fingerprint density at radius 2 is 1.97 bits per heavy atom. The van der Waals surface area contributed by atoms with E-state index in [1.807, 2.05) is 54.6 Å². The Kier molecular flexibility index (Phi) is 5.51. The van der Waals surface area contributed by atoms with Crippen LogP contribution in [0, 0.1) is 0 Å². The summed E-state index contributed by atoms with van der Waals surface area (Å²) in [4.78, 5) is 23.6. The molecule has 0 spiro atoms. The molecule has 32 heavy (non-hydrogen) atoms. The van der Waals surface area contributed by atoms with E-state index in [2.05, 4.69) is 15.1 Å². The van der Waals surface area contributed by atoms with Gasteiger partial charge in [-0.1, -0.05) is 41.6 Å². The van der Waals surface area contributed by atoms with Crippen LogP contribution in [0.3, 0.4) is 0 Å². The Hall–Kier alpha value is -3.78. The number of amides is 1. The van der Waals surface area contributed by atoms with Gasteiger partial charge in [0.1, 0.15) is 11.4 Å². The summed E-state index contributed by atoms with van der Waals surface area (Å²) in [6, 6.07) is 17.3. The van der Waals surface area contributed by atoms with Crippen LogP contribution in [-0.2, 0) is 16.0 Å². The first-order valence-electron chi connectivity index (χ1n) is 10.4. The number of pyridine rings is 1. The lowest BCUT2D eigenvalue weighted by atomic mass is 10.0. The fourth-order valence-corrected chi connectivity index (χ4v) is 3.93. The zero-order valence-electron chi connectivity index (χ0n) is 17.6. The molecule has 8 nitrogen and oxygen atoms in total. The summed E-state index contributed by atoms with van der Waals surface area (Å²) in [5, 5.41) is 6.02. The highest BCUT2D eigenvalue weighted by atomic mass is 16.5. The number of benzene rings is 2. The van der Waals surface area contributed by atoms with Crippen molar-refractivity contribution < 1.29 is 18.8 Å². The van der Waals surface area contributed by atoms with E-state index < -0.39 is 6.10 Å². The molecule has 8 heteroatoms. The number of rotatable bonds is 5. The topological polar surface area (TPSA) is 90.6 Å². The van der Waals surface area contributed by atoms with Gasteiger partial charge in [-0.3, -0.25) is 9.78 Å². The van der Waals surface area contributed by atoms with Crippen LogP contribution in [0.5, 0.6) is 5.75 Å². The van der Waals surface area contributed by atoms with E-state index in [9.17, 15) is 4.79 Å². The highest BCUT2D eigenvalue weighted by molar-refractivity contribution is 5.94. The molecule has 1 saturated heterocycles. The lowest BCUT2D eigenvalue weighted by Gasteiger charge is -2.31. The third-order valence-corrected chi connectivity index (χ3v) is 5.57. The minimum absolute atomic E-state index is 0.0260. The maximum absolute atomic E-state index is 13.1. The summed E-state index contributed by atoms with van der Waals surface area (Å²) in [5.41, 5.74) is 1.59. The van der Waals surface area contributed by atoms with Crippen LogP contribution in [0.1, 0.15) is 17.6 Å². The van der Waals surface area contributed by atoms with Crippen LogP contribution in [0.15, 0.2) is 65.3 Å². The fraction of sp³-hybridized carbons (Fsp3) is 0.250. The molecule has 1 atom stereocenters. The molecular formula is C24H22N4O4. The molecule has 1 aliphatic rings. The Balaban J connectivity index is 1.32. The van der Waals surface area contributed by atoms with Crippen molar-refractivity contribution in [2.75, 3.05) is 26.8 Å². The zero-order chi connectivity index (χ0) is 21.9. The van der Waals surface area contributed by atoms with Crippen molar-refractivity contribution >= 4 is 16.7 Å². The largest absolute Gasteiger partial charge is 0.496 e. The van der Waals surface area contributed by atoms with Gasteiger partial charge in [-0.2, -0.15) is 4.98 Å². The highest BCUT2D eigenvalue weighted by Crippen LogP contribution is 2.29. The van der Waals surface area contributed by atoms with Crippen LogP contribution in [0.4, 0.5) is 0 Å². The molecule has 3 heterocycles. The van der Waals surface area contributed by atoms with Gasteiger partial charge >= 0.3 is 0 Å². The minimum atomic E-state index is -0.467. The van der Waals surface area contributed by atoms with Gasteiger partial charge in [0, 0.05) is 18.1 Å². The van der Waals surface area contributed by atoms with Crippen molar-refractivity contribution in [3.63, 3.8) is 0 Å². The molecule has 5 rings (SSSR count). The van der Waals surface area contributed by atoms with Crippen LogP contribution < -0.4 is 4.74 Å². The standard InChI is InChI=1S/C24H22N4O4/c1-30-20-10-9-16(17-6-2-3-7-18(17)20)14-22(29)28-12-13-31-21(15-28)24-26-23(27-32-24)19-8-4-5-11-25-19/h2-11,21H,12-15H2,1H3/t21-/m1/s1. The van der Waals surface area contributed by atoms with Gasteiger partial charge in [0.25, 0.3) is 5.89 Å². The molecule has 2 aromatic carbocycles. The lowest BCUT2D eigenvalue weighted by molar-refractivity contribution is -0.139. The molecule has 1 aliphatic heterocycles. The molecule has 1 amide bonds. The van der Waals surface area contributed by atoms with Crippen molar-refractivity contribution in [2.45, 2.75) is 12.5 Å². The van der Waals surface area contributed by atoms with Gasteiger partial charge < -0.3 is 18.9 Å². The number of hydrogen-bond donors (Lipinski definition) is 0. The first-order valence-corrected chi connectivity index (χ1v) is 10.4. The van der Waals surface area contributed by atoms with Gasteiger partial charge in [0.15, 0.2) is 6.10 Å². The summed E-state index contributed by atoms with van der Waals surface area (Å²) < 4.78 is 16.7. The molecule has 162 valence electrons. The highest BCUT2D eigenvalue weighted by Gasteiger charge is 2.30. The van der Waals surface area contributed by atoms with Gasteiger partial charge in [-0.25, -0.2) is 0 Å². The maximum atomic E-state index is 13.1. The quantitative estimate of drug-likeness (QED) is 0.479. The number of hydrogen-bond acceptors (Lipinski definition) is 7. The second kappa shape index (κ2) is 8.76. The van der Waals surface area contributed by atoms with Crippen molar-refractivity contribution in [1.82, 2.24) is 20.0 Å². The summed E-state index contributed by atoms with van der Waals surface area (Å²) in [5.74, 6) is 1.57. The SMILES string of the molecule is COc1ccc(CC(=O)N2CCO[C@@H](c3nc(-c4ccccn4)no3)C2)c2ccccc12. The molecule has 0 aliphatic carbocycles. The average molecular weight is 430 g/mol. The number of carbonyl (C=O) groups excluding carboxylic acids is 1. The molecule has 0 saturated carbocycles. The van der Waals surface area contributed by atoms with E-state index in [0.29, 0.717) is 43.5 Å². The Morgan fingerprint density at radius 1 is 1.12 bits per heavy atom. The van der Waals surface area contributed by atoms with E-state index in [-0.39, 0.29) is 5.91 Å². The van der Waals surface area contributed by atoms with Gasteiger partial charge in [0.2, 0.25) is 11.7 Å². The summed E-state index contributed by atoms with van der Waals surface area (Å²) in [7, 11) is 1.65. The van der Waals surface area contributed by atoms with Gasteiger partial charge in [-0.15, -0.1) is 0 Å². The molecule has 1 fully saturated rings. The second-order valence-corrected chi connectivity index (χ2v) is 7.52. The smallest absolute Gasteiger partial charge is 0.257 e. The summed E-state index contributed by atoms with van der Waals surface area (Å²) in [6.45, 7) is 1.28. The van der Waals surface area contributed by atoms with Crippen molar-refractivity contribution in [3.05, 3.63) is 72.2 Å². The molecule has 0 bridgehead atoms. The zero-order valence-corrected chi connectivity index (χ0v) is 17.6. The van der Waals surface area contributed by atoms with Crippen molar-refractivity contribution in [1.29, 1.82) is 0 Å². The molecule has 4 aromatic rings. The molecule has 2 aromatic heterocycles. The number of aromatic nitrogens is 3. The number of morpholine rings is 1. The Labute approximate surface area is 184 Å². The number of methoxy groups -OCH3 is 1. The predicted octanol–water partition coefficient (Wildman–Crippen LogP) is 3.44. The van der Waals surface area contributed by atoms with Crippen molar-refractivity contribution in [3.8, 4) is 17.3 Å². The van der Waals surface area contributed by atoms with E-state index in [1.54, 1.807) is 18.2 Å². The Bertz CT molecular complexity index is 1240. The molecule has 0 N–H and O–H groups in total. The van der Waals surface area contributed by atoms with E-state index in [1.165, 1.54) is 0 Å². The first-order chi connectivity index (χ1) is 15.7. The third kappa shape index (κ3) is 3.92. The van der Waals surface area contributed by atoms with E-state index in [0.717, 1.165) is 22.1 Å². The van der Waals surface area contributed by atoms with Gasteiger partial charge in [0.05, 0.1) is 26.7 Å². The first kappa shape index (κ1) is 20.1. The Morgan fingerprint density at radius 3 is 2.78 bits per heavy atom. The maximum Gasteiger partial charge on any atom is 0.257 e. The number of nitrogens with zero attached hydrogens (tertiary/aromatic N) is 4. The monoisotopic (exact) mass is 430 g/mol. The van der Waals surface area contributed by atoms with Crippen LogP contribution in [0.2, 0.25) is 0 Å². The summed E-state index contributed by atoms with van der Waals surface area (Å²) in [6.07, 6.45) is 1.50. The predicted molar refractivity (Wildman–Crippen MR) is 117 cm³/mol. The summed E-state index contributed by atoms with van der Waals surface area (Å²) >= 11 is 0. The van der Waals surface area contributed by atoms with Crippen LogP contribution >= 0.6 is 0 Å². The second-order valence-electron chi connectivity index (χ2n) is 7.52. The molecule has 0 unspecified atom stereocenters. The fourth-order valence-electron chi connectivity index (χ4n) is 3.93. The number of carbonyl (C=O) groups is 1. The molecular weight excluding hydrogens is 408 g/mol. The lowest BCUT2D eigenvalue weighted by Crippen LogP contribution is -2.43. The average Bonchev–Trinajstić information content (AvgIpc) is 3.35.